The largest absolute Gasteiger partial charge is 0.464 e. The fraction of sp³-hybridized carbons (Fsp3) is 0.368. The van der Waals surface area contributed by atoms with Gasteiger partial charge in [-0.2, -0.15) is 0 Å². The van der Waals surface area contributed by atoms with Gasteiger partial charge in [-0.15, -0.1) is 0 Å². The molecule has 132 valence electrons. The van der Waals surface area contributed by atoms with E-state index in [9.17, 15) is 9.59 Å². The SMILES string of the molecule is Cc1ccc(O/C=C2\CCN(C)c3c2c(=O)n(C)c(=O)n3C)c(C)c1. The summed E-state index contributed by atoms with van der Waals surface area (Å²) in [5.74, 6) is 1.40. The van der Waals surface area contributed by atoms with Crippen LogP contribution in [-0.4, -0.2) is 22.7 Å². The van der Waals surface area contributed by atoms with Crippen molar-refractivity contribution in [3.63, 3.8) is 0 Å². The molecule has 0 saturated carbocycles. The van der Waals surface area contributed by atoms with Gasteiger partial charge in [-0.25, -0.2) is 4.79 Å². The summed E-state index contributed by atoms with van der Waals surface area (Å²) < 4.78 is 8.53. The van der Waals surface area contributed by atoms with E-state index in [1.807, 2.05) is 37.9 Å². The standard InChI is InChI=1S/C19H23N3O3/c1-12-6-7-15(13(2)10-12)25-11-14-8-9-20(3)17-16(14)18(23)22(5)19(24)21(17)4/h6-7,10-11H,8-9H2,1-5H3/b14-11+. The van der Waals surface area contributed by atoms with Crippen LogP contribution in [0.1, 0.15) is 23.1 Å². The van der Waals surface area contributed by atoms with Gasteiger partial charge in [-0.3, -0.25) is 13.9 Å². The van der Waals surface area contributed by atoms with Gasteiger partial charge >= 0.3 is 5.69 Å². The second kappa shape index (κ2) is 6.27. The maximum absolute atomic E-state index is 12.7. The molecule has 1 aromatic carbocycles. The van der Waals surface area contributed by atoms with E-state index in [2.05, 4.69) is 6.07 Å². The fourth-order valence-corrected chi connectivity index (χ4v) is 3.26. The molecule has 3 rings (SSSR count). The Hall–Kier alpha value is -2.76. The van der Waals surface area contributed by atoms with E-state index in [4.69, 9.17) is 4.74 Å². The Balaban J connectivity index is 2.11. The molecular formula is C19H23N3O3. The minimum atomic E-state index is -0.327. The third-order valence-corrected chi connectivity index (χ3v) is 4.69. The molecule has 6 nitrogen and oxygen atoms in total. The Bertz CT molecular complexity index is 983. The Morgan fingerprint density at radius 2 is 1.80 bits per heavy atom. The molecular weight excluding hydrogens is 318 g/mol. The summed E-state index contributed by atoms with van der Waals surface area (Å²) in [5, 5.41) is 0. The van der Waals surface area contributed by atoms with Crippen molar-refractivity contribution in [1.29, 1.82) is 0 Å². The average Bonchev–Trinajstić information content (AvgIpc) is 2.58. The van der Waals surface area contributed by atoms with Crippen LogP contribution in [0.3, 0.4) is 0 Å². The lowest BCUT2D eigenvalue weighted by Gasteiger charge is -2.30. The molecule has 0 aliphatic carbocycles. The molecule has 0 saturated heterocycles. The zero-order valence-electron chi connectivity index (χ0n) is 15.3. The van der Waals surface area contributed by atoms with E-state index in [-0.39, 0.29) is 11.2 Å². The maximum Gasteiger partial charge on any atom is 0.332 e. The van der Waals surface area contributed by atoms with Gasteiger partial charge in [-0.1, -0.05) is 17.7 Å². The molecule has 1 aliphatic heterocycles. The van der Waals surface area contributed by atoms with Crippen molar-refractivity contribution in [3.05, 3.63) is 62.0 Å². The van der Waals surface area contributed by atoms with Crippen molar-refractivity contribution in [2.75, 3.05) is 18.5 Å². The van der Waals surface area contributed by atoms with Gasteiger partial charge in [0.05, 0.1) is 11.8 Å². The Labute approximate surface area is 146 Å². The second-order valence-corrected chi connectivity index (χ2v) is 6.61. The van der Waals surface area contributed by atoms with Crippen LogP contribution in [0, 0.1) is 13.8 Å². The van der Waals surface area contributed by atoms with Crippen LogP contribution in [0.2, 0.25) is 0 Å². The smallest absolute Gasteiger partial charge is 0.332 e. The van der Waals surface area contributed by atoms with Gasteiger partial charge in [0.2, 0.25) is 0 Å². The van der Waals surface area contributed by atoms with E-state index in [0.29, 0.717) is 17.8 Å². The molecule has 6 heteroatoms. The highest BCUT2D eigenvalue weighted by Crippen LogP contribution is 2.30. The first-order valence-electron chi connectivity index (χ1n) is 8.25. The summed E-state index contributed by atoms with van der Waals surface area (Å²) in [5.41, 5.74) is 2.93. The molecule has 0 spiro atoms. The first kappa shape index (κ1) is 17.1. The molecule has 0 radical (unpaired) electrons. The molecule has 0 atom stereocenters. The lowest BCUT2D eigenvalue weighted by atomic mass is 10.0. The summed E-state index contributed by atoms with van der Waals surface area (Å²) in [6.45, 7) is 4.74. The van der Waals surface area contributed by atoms with Gasteiger partial charge in [0.25, 0.3) is 5.56 Å². The first-order valence-corrected chi connectivity index (χ1v) is 8.25. The third kappa shape index (κ3) is 2.88. The number of aromatic nitrogens is 2. The number of benzene rings is 1. The summed E-state index contributed by atoms with van der Waals surface area (Å²) in [6.07, 6.45) is 2.33. The van der Waals surface area contributed by atoms with Crippen molar-refractivity contribution in [3.8, 4) is 5.75 Å². The van der Waals surface area contributed by atoms with Crippen LogP contribution in [0.25, 0.3) is 5.57 Å². The summed E-state index contributed by atoms with van der Waals surface area (Å²) >= 11 is 0. The predicted molar refractivity (Wildman–Crippen MR) is 99.3 cm³/mol. The molecule has 0 unspecified atom stereocenters. The Morgan fingerprint density at radius 3 is 2.48 bits per heavy atom. The quantitative estimate of drug-likeness (QED) is 0.784. The van der Waals surface area contributed by atoms with Gasteiger partial charge < -0.3 is 9.64 Å². The summed E-state index contributed by atoms with van der Waals surface area (Å²) in [4.78, 5) is 26.8. The highest BCUT2D eigenvalue weighted by atomic mass is 16.5. The molecule has 0 amide bonds. The zero-order chi connectivity index (χ0) is 18.3. The van der Waals surface area contributed by atoms with Crippen LogP contribution in [0.15, 0.2) is 34.1 Å². The number of ether oxygens (including phenoxy) is 1. The van der Waals surface area contributed by atoms with E-state index >= 15 is 0 Å². The monoisotopic (exact) mass is 341 g/mol. The summed E-state index contributed by atoms with van der Waals surface area (Å²) in [7, 11) is 5.08. The van der Waals surface area contributed by atoms with Crippen LogP contribution < -0.4 is 20.9 Å². The van der Waals surface area contributed by atoms with Crippen molar-refractivity contribution in [2.45, 2.75) is 20.3 Å². The van der Waals surface area contributed by atoms with Gasteiger partial charge in [0.1, 0.15) is 11.6 Å². The minimum Gasteiger partial charge on any atom is -0.464 e. The zero-order valence-corrected chi connectivity index (χ0v) is 15.3. The molecule has 0 fully saturated rings. The van der Waals surface area contributed by atoms with Gasteiger partial charge in [0, 0.05) is 33.3 Å². The maximum atomic E-state index is 12.7. The highest BCUT2D eigenvalue weighted by molar-refractivity contribution is 5.76. The van der Waals surface area contributed by atoms with E-state index in [1.165, 1.54) is 17.2 Å². The Morgan fingerprint density at radius 1 is 1.08 bits per heavy atom. The van der Waals surface area contributed by atoms with E-state index in [0.717, 1.165) is 28.0 Å². The number of aryl methyl sites for hydroxylation is 2. The molecule has 25 heavy (non-hydrogen) atoms. The van der Waals surface area contributed by atoms with Crippen molar-refractivity contribution in [2.24, 2.45) is 14.1 Å². The van der Waals surface area contributed by atoms with Gasteiger partial charge in [0.15, 0.2) is 0 Å². The third-order valence-electron chi connectivity index (χ3n) is 4.69. The molecule has 2 heterocycles. The molecule has 0 N–H and O–H groups in total. The molecule has 1 aliphatic rings. The fourth-order valence-electron chi connectivity index (χ4n) is 3.26. The minimum absolute atomic E-state index is 0.292. The average molecular weight is 341 g/mol. The Kier molecular flexibility index (Phi) is 4.29. The number of hydrogen-bond acceptors (Lipinski definition) is 4. The van der Waals surface area contributed by atoms with E-state index < -0.39 is 0 Å². The van der Waals surface area contributed by atoms with Crippen molar-refractivity contribution in [1.82, 2.24) is 9.13 Å². The number of hydrogen-bond donors (Lipinski definition) is 0. The van der Waals surface area contributed by atoms with Crippen molar-refractivity contribution < 1.29 is 4.74 Å². The normalized spacial score (nSPS) is 15.4. The molecule has 2 aromatic rings. The lowest BCUT2D eigenvalue weighted by Crippen LogP contribution is -2.44. The second-order valence-electron chi connectivity index (χ2n) is 6.61. The topological polar surface area (TPSA) is 56.5 Å². The van der Waals surface area contributed by atoms with Crippen LogP contribution in [0.4, 0.5) is 5.82 Å². The number of anilines is 1. The van der Waals surface area contributed by atoms with Crippen LogP contribution >= 0.6 is 0 Å². The number of rotatable bonds is 2. The number of nitrogens with zero attached hydrogens (tertiary/aromatic N) is 3. The summed E-state index contributed by atoms with van der Waals surface area (Å²) in [6, 6.07) is 5.97. The highest BCUT2D eigenvalue weighted by Gasteiger charge is 2.26. The predicted octanol–water partition coefficient (Wildman–Crippen LogP) is 1.96. The molecule has 1 aromatic heterocycles. The molecule has 0 bridgehead atoms. The van der Waals surface area contributed by atoms with Crippen molar-refractivity contribution >= 4 is 11.4 Å². The number of fused-ring (bicyclic) bond motifs is 1. The lowest BCUT2D eigenvalue weighted by molar-refractivity contribution is 0.477. The van der Waals surface area contributed by atoms with Crippen LogP contribution in [0.5, 0.6) is 5.75 Å². The van der Waals surface area contributed by atoms with Crippen LogP contribution in [-0.2, 0) is 14.1 Å². The van der Waals surface area contributed by atoms with E-state index in [1.54, 1.807) is 13.3 Å². The first-order chi connectivity index (χ1) is 11.8. The van der Waals surface area contributed by atoms with Gasteiger partial charge in [-0.05, 0) is 31.9 Å².